The third-order valence-electron chi connectivity index (χ3n) is 4.87. The standard InChI is InChI=1S/C23H27N5O.HI/c1-2-24-23(26-16-21-14-20-9-3-4-10-22(20)29-21)25-15-18-7-5-8-19(13-18)17-28-12-6-11-27-28;/h3-13,21H,2,14-17H2,1H3,(H2,24,25,26);1H. The molecule has 1 aliphatic rings. The van der Waals surface area contributed by atoms with Gasteiger partial charge in [-0.1, -0.05) is 42.5 Å². The molecule has 4 rings (SSSR count). The van der Waals surface area contributed by atoms with Gasteiger partial charge in [-0.05, 0) is 35.7 Å². The molecule has 0 amide bonds. The Bertz CT molecular complexity index is 933. The minimum Gasteiger partial charge on any atom is -0.488 e. The molecule has 158 valence electrons. The highest BCUT2D eigenvalue weighted by molar-refractivity contribution is 14.0. The van der Waals surface area contributed by atoms with Crippen molar-refractivity contribution in [3.05, 3.63) is 83.7 Å². The number of rotatable bonds is 7. The summed E-state index contributed by atoms with van der Waals surface area (Å²) in [4.78, 5) is 4.75. The molecule has 1 aliphatic heterocycles. The third-order valence-corrected chi connectivity index (χ3v) is 4.87. The SMILES string of the molecule is CCNC(=NCc1cccc(Cn2cccn2)c1)NCC1Cc2ccccc2O1.I. The Balaban J connectivity index is 0.00000256. The number of benzene rings is 2. The second-order valence-electron chi connectivity index (χ2n) is 7.15. The van der Waals surface area contributed by atoms with Crippen LogP contribution in [-0.2, 0) is 19.5 Å². The molecule has 3 aromatic rings. The molecule has 0 saturated carbocycles. The molecule has 30 heavy (non-hydrogen) atoms. The van der Waals surface area contributed by atoms with Crippen LogP contribution in [0.5, 0.6) is 5.75 Å². The van der Waals surface area contributed by atoms with E-state index in [1.165, 1.54) is 16.7 Å². The predicted molar refractivity (Wildman–Crippen MR) is 131 cm³/mol. The van der Waals surface area contributed by atoms with Gasteiger partial charge in [-0.25, -0.2) is 4.99 Å². The molecule has 0 aliphatic carbocycles. The minimum absolute atomic E-state index is 0. The van der Waals surface area contributed by atoms with Gasteiger partial charge in [-0.3, -0.25) is 4.68 Å². The Morgan fingerprint density at radius 1 is 1.13 bits per heavy atom. The van der Waals surface area contributed by atoms with Crippen LogP contribution in [0.3, 0.4) is 0 Å². The van der Waals surface area contributed by atoms with Crippen molar-refractivity contribution in [1.29, 1.82) is 0 Å². The van der Waals surface area contributed by atoms with Gasteiger partial charge in [-0.2, -0.15) is 5.10 Å². The third kappa shape index (κ3) is 5.98. The smallest absolute Gasteiger partial charge is 0.191 e. The lowest BCUT2D eigenvalue weighted by atomic mass is 10.1. The van der Waals surface area contributed by atoms with Crippen LogP contribution in [0.25, 0.3) is 0 Å². The summed E-state index contributed by atoms with van der Waals surface area (Å²) in [5, 5.41) is 11.0. The van der Waals surface area contributed by atoms with Crippen LogP contribution in [0.4, 0.5) is 0 Å². The van der Waals surface area contributed by atoms with Crippen molar-refractivity contribution in [2.45, 2.75) is 32.5 Å². The highest BCUT2D eigenvalue weighted by Gasteiger charge is 2.22. The molecule has 0 fully saturated rings. The van der Waals surface area contributed by atoms with Gasteiger partial charge < -0.3 is 15.4 Å². The number of ether oxygens (including phenoxy) is 1. The molecule has 2 aromatic carbocycles. The van der Waals surface area contributed by atoms with E-state index in [0.717, 1.165) is 37.8 Å². The topological polar surface area (TPSA) is 63.5 Å². The normalized spacial score (nSPS) is 15.1. The average Bonchev–Trinajstić information content (AvgIpc) is 3.39. The van der Waals surface area contributed by atoms with Gasteiger partial charge in [0.05, 0.1) is 19.6 Å². The number of nitrogens with zero attached hydrogens (tertiary/aromatic N) is 3. The second-order valence-corrected chi connectivity index (χ2v) is 7.15. The van der Waals surface area contributed by atoms with Gasteiger partial charge in [0.1, 0.15) is 11.9 Å². The van der Waals surface area contributed by atoms with E-state index in [0.29, 0.717) is 6.54 Å². The number of para-hydroxylation sites is 1. The van der Waals surface area contributed by atoms with Crippen LogP contribution in [0, 0.1) is 0 Å². The van der Waals surface area contributed by atoms with Gasteiger partial charge in [-0.15, -0.1) is 24.0 Å². The van der Waals surface area contributed by atoms with Crippen molar-refractivity contribution in [3.63, 3.8) is 0 Å². The summed E-state index contributed by atoms with van der Waals surface area (Å²) in [6, 6.07) is 18.7. The molecule has 2 N–H and O–H groups in total. The molecule has 1 unspecified atom stereocenters. The number of nitrogens with one attached hydrogen (secondary N) is 2. The van der Waals surface area contributed by atoms with Gasteiger partial charge in [0.2, 0.25) is 0 Å². The summed E-state index contributed by atoms with van der Waals surface area (Å²) in [7, 11) is 0. The maximum atomic E-state index is 6.01. The maximum absolute atomic E-state index is 6.01. The quantitative estimate of drug-likeness (QED) is 0.286. The predicted octanol–water partition coefficient (Wildman–Crippen LogP) is 3.61. The van der Waals surface area contributed by atoms with Gasteiger partial charge >= 0.3 is 0 Å². The Kier molecular flexibility index (Phi) is 8.12. The molecule has 6 nitrogen and oxygen atoms in total. The number of halogens is 1. The summed E-state index contributed by atoms with van der Waals surface area (Å²) in [5.74, 6) is 1.81. The highest BCUT2D eigenvalue weighted by atomic mass is 127. The Morgan fingerprint density at radius 3 is 2.80 bits per heavy atom. The number of hydrogen-bond donors (Lipinski definition) is 2. The number of aromatic nitrogens is 2. The lowest BCUT2D eigenvalue weighted by Crippen LogP contribution is -2.42. The largest absolute Gasteiger partial charge is 0.488 e. The summed E-state index contributed by atoms with van der Waals surface area (Å²) in [6.07, 6.45) is 4.84. The van der Waals surface area contributed by atoms with Crippen LogP contribution >= 0.6 is 24.0 Å². The van der Waals surface area contributed by atoms with E-state index in [1.807, 2.05) is 29.1 Å². The summed E-state index contributed by atoms with van der Waals surface area (Å²) >= 11 is 0. The highest BCUT2D eigenvalue weighted by Crippen LogP contribution is 2.27. The van der Waals surface area contributed by atoms with E-state index >= 15 is 0 Å². The molecule has 0 radical (unpaired) electrons. The van der Waals surface area contributed by atoms with Crippen molar-refractivity contribution in [1.82, 2.24) is 20.4 Å². The van der Waals surface area contributed by atoms with Gasteiger partial charge in [0.15, 0.2) is 5.96 Å². The fourth-order valence-electron chi connectivity index (χ4n) is 3.50. The maximum Gasteiger partial charge on any atom is 0.191 e. The van der Waals surface area contributed by atoms with Crippen LogP contribution in [0.15, 0.2) is 72.0 Å². The second kappa shape index (κ2) is 11.0. The molecule has 1 atom stereocenters. The Labute approximate surface area is 194 Å². The molecule has 1 aromatic heterocycles. The van der Waals surface area contributed by atoms with E-state index in [9.17, 15) is 0 Å². The molecule has 0 spiro atoms. The number of hydrogen-bond acceptors (Lipinski definition) is 3. The Hall–Kier alpha value is -2.55. The summed E-state index contributed by atoms with van der Waals surface area (Å²) < 4.78 is 7.93. The zero-order valence-corrected chi connectivity index (χ0v) is 19.5. The van der Waals surface area contributed by atoms with Crippen molar-refractivity contribution >= 4 is 29.9 Å². The molecular formula is C23H28IN5O. The van der Waals surface area contributed by atoms with E-state index < -0.39 is 0 Å². The van der Waals surface area contributed by atoms with Crippen LogP contribution in [0.2, 0.25) is 0 Å². The molecule has 7 heteroatoms. The monoisotopic (exact) mass is 517 g/mol. The summed E-state index contributed by atoms with van der Waals surface area (Å²) in [6.45, 7) is 5.00. The zero-order valence-electron chi connectivity index (χ0n) is 17.1. The van der Waals surface area contributed by atoms with Crippen molar-refractivity contribution in [2.75, 3.05) is 13.1 Å². The van der Waals surface area contributed by atoms with E-state index in [-0.39, 0.29) is 30.1 Å². The first kappa shape index (κ1) is 22.1. The average molecular weight is 517 g/mol. The lowest BCUT2D eigenvalue weighted by molar-refractivity contribution is 0.235. The number of guanidine groups is 1. The van der Waals surface area contributed by atoms with Gasteiger partial charge in [0, 0.05) is 25.4 Å². The summed E-state index contributed by atoms with van der Waals surface area (Å²) in [5.41, 5.74) is 3.67. The zero-order chi connectivity index (χ0) is 19.9. The first-order valence-corrected chi connectivity index (χ1v) is 10.1. The molecule has 0 saturated heterocycles. The fourth-order valence-corrected chi connectivity index (χ4v) is 3.50. The van der Waals surface area contributed by atoms with Crippen LogP contribution < -0.4 is 15.4 Å². The van der Waals surface area contributed by atoms with E-state index in [2.05, 4.69) is 59.1 Å². The molecule has 2 heterocycles. The van der Waals surface area contributed by atoms with Crippen molar-refractivity contribution in [3.8, 4) is 5.75 Å². The van der Waals surface area contributed by atoms with Crippen LogP contribution in [0.1, 0.15) is 23.6 Å². The molecule has 0 bridgehead atoms. The fraction of sp³-hybridized carbons (Fsp3) is 0.304. The van der Waals surface area contributed by atoms with Crippen molar-refractivity contribution in [2.24, 2.45) is 4.99 Å². The van der Waals surface area contributed by atoms with Crippen molar-refractivity contribution < 1.29 is 4.74 Å². The number of fused-ring (bicyclic) bond motifs is 1. The van der Waals surface area contributed by atoms with Gasteiger partial charge in [0.25, 0.3) is 0 Å². The first-order chi connectivity index (χ1) is 14.3. The number of aliphatic imine (C=N–C) groups is 1. The minimum atomic E-state index is 0. The van der Waals surface area contributed by atoms with E-state index in [1.54, 1.807) is 6.20 Å². The Morgan fingerprint density at radius 2 is 2.00 bits per heavy atom. The first-order valence-electron chi connectivity index (χ1n) is 10.1. The lowest BCUT2D eigenvalue weighted by Gasteiger charge is -2.15. The van der Waals surface area contributed by atoms with Crippen LogP contribution in [-0.4, -0.2) is 34.9 Å². The molecular weight excluding hydrogens is 489 g/mol. The van der Waals surface area contributed by atoms with E-state index in [4.69, 9.17) is 9.73 Å².